The summed E-state index contributed by atoms with van der Waals surface area (Å²) in [4.78, 5) is 217. The molecule has 1 unspecified atom stereocenters. The first kappa shape index (κ1) is 95.9. The Morgan fingerprint density at radius 2 is 1.28 bits per heavy atom. The van der Waals surface area contributed by atoms with E-state index in [0.29, 0.717) is 84.4 Å². The molecule has 3 aromatic carbocycles. The maximum atomic E-state index is 14.5. The van der Waals surface area contributed by atoms with Gasteiger partial charge < -0.3 is 129 Å². The smallest absolute Gasteiger partial charge is 0.412 e. The van der Waals surface area contributed by atoms with Crippen molar-refractivity contribution in [1.29, 1.82) is 5.41 Å². The minimum absolute atomic E-state index is 0.0167. The third kappa shape index (κ3) is 27.0. The Hall–Kier alpha value is -13.9. The lowest BCUT2D eigenvalue weighted by atomic mass is 10.1. The number of methoxy groups -OCH3 is 2. The fourth-order valence-electron chi connectivity index (χ4n) is 13.7. The number of nitrogen functional groups attached to an aromatic ring is 2. The number of amides is 9. The number of hydrogen-bond donors (Lipinski definition) is 19. The second kappa shape index (κ2) is 45.4. The van der Waals surface area contributed by atoms with Crippen molar-refractivity contribution in [3.05, 3.63) is 112 Å². The number of nitrogens with two attached hydrogens (primary N) is 3. The van der Waals surface area contributed by atoms with Crippen LogP contribution < -0.4 is 89.6 Å². The van der Waals surface area contributed by atoms with Gasteiger partial charge in [-0.1, -0.05) is 45.9 Å². The molecule has 48 heteroatoms. The zero-order valence-electron chi connectivity index (χ0n) is 68.3. The number of aliphatic carboxylic acids is 5. The van der Waals surface area contributed by atoms with Gasteiger partial charge in [-0.2, -0.15) is 4.98 Å². The van der Waals surface area contributed by atoms with Gasteiger partial charge in [0, 0.05) is 73.2 Å². The number of rotatable bonds is 47. The number of carbonyl (C=O) groups excluding carboxylic acids is 9. The summed E-state index contributed by atoms with van der Waals surface area (Å²) in [5.74, 6) is -16.3. The summed E-state index contributed by atoms with van der Waals surface area (Å²) >= 11 is 0. The van der Waals surface area contributed by atoms with Gasteiger partial charge in [0.2, 0.25) is 35.5 Å². The van der Waals surface area contributed by atoms with Crippen molar-refractivity contribution in [2.45, 2.75) is 138 Å². The van der Waals surface area contributed by atoms with E-state index in [2.05, 4.69) is 75.6 Å². The van der Waals surface area contributed by atoms with E-state index in [1.54, 1.807) is 12.1 Å². The van der Waals surface area contributed by atoms with Crippen LogP contribution in [0.2, 0.25) is 0 Å². The number of carboxylic acids is 5. The molecule has 46 nitrogen and oxygen atoms in total. The Kier molecular flexibility index (Phi) is 34.6. The molecule has 126 heavy (non-hydrogen) atoms. The summed E-state index contributed by atoms with van der Waals surface area (Å²) in [6, 6.07) is -0.421. The molecule has 0 aliphatic carbocycles. The van der Waals surface area contributed by atoms with E-state index in [1.165, 1.54) is 66.6 Å². The lowest BCUT2D eigenvalue weighted by molar-refractivity contribution is -0.144. The first-order valence-corrected chi connectivity index (χ1v) is 41.9. The largest absolute Gasteiger partial charge is 0.493 e. The Labute approximate surface area is 725 Å². The normalized spacial score (nSPS) is 16.6. The zero-order valence-corrected chi connectivity index (χ0v) is 70.0. The van der Waals surface area contributed by atoms with Crippen molar-refractivity contribution in [3.8, 4) is 23.0 Å². The first-order valence-electron chi connectivity index (χ1n) is 39.4. The predicted octanol–water partition coefficient (Wildman–Crippen LogP) is 0.137. The van der Waals surface area contributed by atoms with Gasteiger partial charge in [-0.3, -0.25) is 72.8 Å². The number of carboxylic acid groups (broad SMARTS) is 5. The van der Waals surface area contributed by atoms with Gasteiger partial charge in [-0.25, -0.2) is 24.4 Å². The highest BCUT2D eigenvalue weighted by molar-refractivity contribution is 8.76. The van der Waals surface area contributed by atoms with Crippen LogP contribution in [0.15, 0.2) is 83.8 Å². The van der Waals surface area contributed by atoms with Gasteiger partial charge in [-0.15, -0.1) is 0 Å². The summed E-state index contributed by atoms with van der Waals surface area (Å²) in [7, 11) is 4.80. The van der Waals surface area contributed by atoms with Crippen LogP contribution >= 0.6 is 21.6 Å². The Bertz CT molecular complexity index is 5030. The molecule has 9 atom stereocenters. The van der Waals surface area contributed by atoms with Gasteiger partial charge in [0.1, 0.15) is 42.9 Å². The highest BCUT2D eigenvalue weighted by Crippen LogP contribution is 2.40. The molecule has 0 spiro atoms. The van der Waals surface area contributed by atoms with Crippen LogP contribution in [0.25, 0.3) is 11.2 Å². The molecule has 6 heterocycles. The summed E-state index contributed by atoms with van der Waals surface area (Å²) < 4.78 is 35.1. The number of H-pyrrole nitrogens is 1. The lowest BCUT2D eigenvalue weighted by Crippen LogP contribution is -2.59. The first-order chi connectivity index (χ1) is 60.1. The summed E-state index contributed by atoms with van der Waals surface area (Å²) in [5.41, 5.74) is 20.6. The standard InChI is InChI=1S/C78H98N20O26S2/c1-38-23-43-34-85-49-28-58(56(120-4)26-45(49)72(113)97(43)35-38)122-19-7-5-6-18-121-57-27-46(79)44(25-55(57)119-3)71(112)98-36-39(2)24-54(98)73-96(17-20-123-73)78(118)124-21-22-125-126-37-53(75(116)117)93-69(110)52(31-62(104)105)92-68(109)51(30-61(102)103)91-66(107)47(9-8-16-83-76(80)81)89-67(108)50(29-60(100)101)88-59(99)15-14-48(74(114)115)90-65(106)40-10-12-41(13-11-40)84-32-42-33-86-64-63(87-42)70(111)95-77(82)94-64/h10-13,25-28,33,43,47-48,50-54,73,84-85H,1-2,5-9,14-24,29-32,34-37,79H2,3-4H3,(H,88,99)(H,89,108)(H,90,106)(H,91,107)(H,92,109)(H,93,110)(H,100,101)(H,102,103)(H,104,105)(H,114,115)(H,116,117)(H4,80,81,83)(H3,82,86,94,95,111)/t43-,47-,48-,50-,51-,52-,53-,54-,73?/m0/s1. The number of hydrogen-bond acceptors (Lipinski definition) is 31. The summed E-state index contributed by atoms with van der Waals surface area (Å²) in [6.07, 6.45) is -3.13. The highest BCUT2D eigenvalue weighted by atomic mass is 33.1. The number of nitrogens with zero attached hydrogens (tertiary/aromatic N) is 6. The van der Waals surface area contributed by atoms with E-state index in [0.717, 1.165) is 33.6 Å². The number of anilines is 4. The lowest BCUT2D eigenvalue weighted by Gasteiger charge is -2.33. The second-order valence-corrected chi connectivity index (χ2v) is 31.9. The quantitative estimate of drug-likeness (QED) is 0.00615. The Balaban J connectivity index is 0.720. The third-order valence-electron chi connectivity index (χ3n) is 20.0. The number of aromatic amines is 1. The van der Waals surface area contributed by atoms with E-state index < -0.39 is 182 Å². The van der Waals surface area contributed by atoms with Gasteiger partial charge in [-0.05, 0) is 87.8 Å². The minimum atomic E-state index is -2.20. The molecule has 3 saturated heterocycles. The second-order valence-electron chi connectivity index (χ2n) is 29.2. The van der Waals surface area contributed by atoms with Crippen LogP contribution in [0.5, 0.6) is 23.0 Å². The van der Waals surface area contributed by atoms with E-state index in [1.807, 2.05) is 10.2 Å². The van der Waals surface area contributed by atoms with Crippen LogP contribution in [-0.2, 0) is 64.0 Å². The number of guanidine groups is 1. The summed E-state index contributed by atoms with van der Waals surface area (Å²) in [5, 5.41) is 78.9. The summed E-state index contributed by atoms with van der Waals surface area (Å²) in [6.45, 7) is 9.80. The molecular weight excluding hydrogens is 1700 g/mol. The van der Waals surface area contributed by atoms with Crippen LogP contribution in [0, 0.1) is 5.41 Å². The van der Waals surface area contributed by atoms with E-state index >= 15 is 0 Å². The van der Waals surface area contributed by atoms with Crippen molar-refractivity contribution in [2.24, 2.45) is 5.73 Å². The SMILES string of the molecule is C=C1C[C@H]2CNc3cc(OCCCCCOc4cc(N)c(C(=O)N5CC(=C)C[C@H]5C5OCCN5C(=O)OCCSSC[C@H](NC(=O)[C@H](CC(=O)O)NC(=O)[C@H](CC(=O)O)NC(=O)[C@H](CCCNC(=N)N)NC(=O)[C@H](CC(=O)O)NC(=O)CC[C@H](NC(=O)c5ccc(NCc6cnc7nc(N)[nH]c(=O)c7n6)cc5)C(=O)O)C(=O)O)cc4OC)c(OC)cc3C(=O)N2C1. The molecule has 5 aromatic rings. The molecule has 2 aromatic heterocycles. The molecule has 4 aliphatic rings. The van der Waals surface area contributed by atoms with E-state index in [9.17, 15) is 97.5 Å². The maximum absolute atomic E-state index is 14.5. The monoisotopic (exact) mass is 1790 g/mol. The molecule has 0 bridgehead atoms. The number of nitrogens with one attached hydrogen (secondary N) is 11. The van der Waals surface area contributed by atoms with Gasteiger partial charge in [0.15, 0.2) is 46.3 Å². The third-order valence-corrected chi connectivity index (χ3v) is 22.3. The number of fused-ring (bicyclic) bond motifs is 3. The molecular formula is C78H98N20O26S2. The molecule has 678 valence electrons. The van der Waals surface area contributed by atoms with Gasteiger partial charge in [0.25, 0.3) is 23.3 Å². The molecule has 9 rings (SSSR count). The van der Waals surface area contributed by atoms with Crippen molar-refractivity contribution in [1.82, 2.24) is 71.9 Å². The molecule has 3 fully saturated rings. The van der Waals surface area contributed by atoms with E-state index in [-0.39, 0.29) is 116 Å². The van der Waals surface area contributed by atoms with Crippen LogP contribution in [0.4, 0.5) is 27.8 Å². The number of unbranched alkanes of at least 4 members (excludes halogenated alkanes) is 2. The fourth-order valence-corrected chi connectivity index (χ4v) is 15.7. The number of carbonyl (C=O) groups is 14. The number of likely N-dealkylation sites (tertiary alicyclic amines) is 1. The Morgan fingerprint density at radius 1 is 0.675 bits per heavy atom. The van der Waals surface area contributed by atoms with Crippen LogP contribution in [-0.4, -0.2) is 289 Å². The van der Waals surface area contributed by atoms with Crippen molar-refractivity contribution in [2.75, 3.05) is 107 Å². The maximum Gasteiger partial charge on any atom is 0.412 e. The fraction of sp³-hybridized carbons (Fsp3) is 0.449. The molecule has 22 N–H and O–H groups in total. The van der Waals surface area contributed by atoms with Gasteiger partial charge >= 0.3 is 35.9 Å². The van der Waals surface area contributed by atoms with Gasteiger partial charge in [0.05, 0.1) is 107 Å². The predicted molar refractivity (Wildman–Crippen MR) is 451 cm³/mol. The molecule has 4 aliphatic heterocycles. The molecule has 0 radical (unpaired) electrons. The number of ether oxygens (including phenoxy) is 6. The number of benzene rings is 3. The number of aromatic nitrogens is 4. The average Bonchev–Trinajstić information content (AvgIpc) is 1.71. The van der Waals surface area contributed by atoms with Crippen molar-refractivity contribution < 1.29 is 121 Å². The Morgan fingerprint density at radius 3 is 1.90 bits per heavy atom. The van der Waals surface area contributed by atoms with Crippen LogP contribution in [0.1, 0.15) is 114 Å². The average molecular weight is 1800 g/mol. The molecule has 0 saturated carbocycles. The highest BCUT2D eigenvalue weighted by Gasteiger charge is 2.46. The topological polar surface area (TPSA) is 687 Å². The molecule has 9 amide bonds. The van der Waals surface area contributed by atoms with Crippen LogP contribution in [0.3, 0.4) is 0 Å². The van der Waals surface area contributed by atoms with Crippen molar-refractivity contribution >= 4 is 145 Å². The zero-order chi connectivity index (χ0) is 91.6. The van der Waals surface area contributed by atoms with Crippen molar-refractivity contribution in [3.63, 3.8) is 0 Å². The van der Waals surface area contributed by atoms with E-state index in [4.69, 9.17) is 51.0 Å². The minimum Gasteiger partial charge on any atom is -0.493 e.